The lowest BCUT2D eigenvalue weighted by atomic mass is 9.77. The quantitative estimate of drug-likeness (QED) is 0.107. The van der Waals surface area contributed by atoms with Crippen molar-refractivity contribution in [2.75, 3.05) is 42.6 Å². The van der Waals surface area contributed by atoms with E-state index in [4.69, 9.17) is 48.4 Å². The fourth-order valence-corrected chi connectivity index (χ4v) is 13.6. The highest BCUT2D eigenvalue weighted by molar-refractivity contribution is 6.03. The highest BCUT2D eigenvalue weighted by Crippen LogP contribution is 2.57. The van der Waals surface area contributed by atoms with Crippen LogP contribution in [0.2, 0.25) is 0 Å². The number of para-hydroxylation sites is 3. The third kappa shape index (κ3) is 7.78. The molecular formula is C71H65N9O6. The zero-order chi connectivity index (χ0) is 59.7. The number of aliphatic imine (C=N–C) groups is 6. The second-order valence-corrected chi connectivity index (χ2v) is 24.3. The van der Waals surface area contributed by atoms with Crippen molar-refractivity contribution in [2.24, 2.45) is 30.0 Å². The molecule has 0 fully saturated rings. The summed E-state index contributed by atoms with van der Waals surface area (Å²) >= 11 is 0. The molecule has 2 spiro atoms. The molecule has 14 rings (SSSR count). The van der Waals surface area contributed by atoms with Crippen molar-refractivity contribution in [3.05, 3.63) is 180 Å². The van der Waals surface area contributed by atoms with Crippen LogP contribution in [0, 0.1) is 0 Å². The minimum absolute atomic E-state index is 0.116. The van der Waals surface area contributed by atoms with Crippen LogP contribution in [0.25, 0.3) is 32.3 Å². The first-order valence-electron chi connectivity index (χ1n) is 28.8. The number of likely N-dealkylation sites (N-methyl/N-ethyl adjacent to an activating group) is 3. The molecule has 0 radical (unpaired) electrons. The molecule has 86 heavy (non-hydrogen) atoms. The van der Waals surface area contributed by atoms with Crippen molar-refractivity contribution in [1.29, 1.82) is 0 Å². The number of amidine groups is 2. The molecule has 15 heteroatoms. The summed E-state index contributed by atoms with van der Waals surface area (Å²) in [5.74, 6) is 3.22. The molecule has 0 aromatic heterocycles. The third-order valence-corrected chi connectivity index (χ3v) is 19.1. The van der Waals surface area contributed by atoms with Crippen LogP contribution in [0.5, 0.6) is 34.5 Å². The molecule has 15 nitrogen and oxygen atoms in total. The van der Waals surface area contributed by atoms with Gasteiger partial charge >= 0.3 is 12.0 Å². The monoisotopic (exact) mass is 1140 g/mol. The number of anilines is 3. The Balaban J connectivity index is 0.799. The zero-order valence-electron chi connectivity index (χ0n) is 49.8. The van der Waals surface area contributed by atoms with E-state index in [-0.39, 0.29) is 18.8 Å². The molecule has 5 aliphatic heterocycles. The number of benzene rings is 9. The first-order valence-corrected chi connectivity index (χ1v) is 28.8. The van der Waals surface area contributed by atoms with Crippen LogP contribution in [-0.2, 0) is 16.2 Å². The molecule has 0 saturated heterocycles. The molecule has 3 atom stereocenters. The number of nitrogens with zero attached hydrogens (tertiary/aromatic N) is 9. The molecule has 430 valence electrons. The fraction of sp³-hybridized carbons (Fsp3) is 0.239. The highest BCUT2D eigenvalue weighted by Gasteiger charge is 2.60. The Labute approximate surface area is 499 Å². The van der Waals surface area contributed by atoms with E-state index in [0.29, 0.717) is 51.6 Å². The van der Waals surface area contributed by atoms with Gasteiger partial charge in [-0.15, -0.1) is 4.99 Å². The molecule has 0 amide bonds. The van der Waals surface area contributed by atoms with Crippen molar-refractivity contribution < 1.29 is 28.4 Å². The SMILES string of the molecule is C=N/C(=N\C(=N/COc1ccc2ccc(N=C)c(OC3(C)N(C)c4ccccc4C3(C)C)c2c1)Oc1ccc2ccc3c(c2c1)N=CC1(O3)N(C)c2ccccc2C1(C)C)Oc1ccc2ccc3c(c2c1)N=CC1(O3)N(C)c2ccccc2C1(C)C. The third-order valence-electron chi connectivity index (χ3n) is 19.1. The van der Waals surface area contributed by atoms with E-state index in [1.807, 2.05) is 122 Å². The molecule has 0 saturated carbocycles. The molecule has 0 aliphatic carbocycles. The predicted octanol–water partition coefficient (Wildman–Crippen LogP) is 15.3. The maximum absolute atomic E-state index is 7.19. The maximum Gasteiger partial charge on any atom is 0.326 e. The van der Waals surface area contributed by atoms with Crippen LogP contribution in [0.15, 0.2) is 194 Å². The van der Waals surface area contributed by atoms with Gasteiger partial charge in [-0.3, -0.25) is 15.0 Å². The molecule has 5 aliphatic rings. The first-order chi connectivity index (χ1) is 41.3. The summed E-state index contributed by atoms with van der Waals surface area (Å²) in [4.78, 5) is 35.1. The summed E-state index contributed by atoms with van der Waals surface area (Å²) in [6.45, 7) is 22.9. The second kappa shape index (κ2) is 19.3. The Morgan fingerprint density at radius 2 is 0.942 bits per heavy atom. The van der Waals surface area contributed by atoms with E-state index < -0.39 is 33.4 Å². The summed E-state index contributed by atoms with van der Waals surface area (Å²) < 4.78 is 40.8. The average molecular weight is 1140 g/mol. The van der Waals surface area contributed by atoms with Crippen LogP contribution in [0.4, 0.5) is 34.1 Å². The predicted molar refractivity (Wildman–Crippen MR) is 348 cm³/mol. The maximum atomic E-state index is 7.19. The lowest BCUT2D eigenvalue weighted by Crippen LogP contribution is -2.61. The van der Waals surface area contributed by atoms with Gasteiger partial charge in [0.15, 0.2) is 18.2 Å². The van der Waals surface area contributed by atoms with E-state index in [0.717, 1.165) is 49.4 Å². The molecule has 9 aromatic carbocycles. The Morgan fingerprint density at radius 1 is 0.500 bits per heavy atom. The van der Waals surface area contributed by atoms with E-state index in [2.05, 4.69) is 162 Å². The Kier molecular flexibility index (Phi) is 12.1. The minimum atomic E-state index is -0.863. The minimum Gasteiger partial charge on any atom is -0.471 e. The van der Waals surface area contributed by atoms with Crippen LogP contribution in [-0.4, -0.2) is 83.0 Å². The molecule has 5 heterocycles. The molecule has 3 unspecified atom stereocenters. The Bertz CT molecular complexity index is 4490. The second-order valence-electron chi connectivity index (χ2n) is 24.3. The Hall–Kier alpha value is -10.0. The van der Waals surface area contributed by atoms with Crippen molar-refractivity contribution >= 4 is 104 Å². The van der Waals surface area contributed by atoms with Gasteiger partial charge in [-0.25, -0.2) is 4.99 Å². The number of hydrogen-bond acceptors (Lipinski definition) is 13. The molecule has 0 N–H and O–H groups in total. The summed E-state index contributed by atoms with van der Waals surface area (Å²) in [6, 6.07) is 54.1. The lowest BCUT2D eigenvalue weighted by molar-refractivity contribution is 0.0334. The van der Waals surface area contributed by atoms with Gasteiger partial charge in [0.2, 0.25) is 11.4 Å². The van der Waals surface area contributed by atoms with Crippen molar-refractivity contribution in [1.82, 2.24) is 0 Å². The van der Waals surface area contributed by atoms with Gasteiger partial charge in [-0.1, -0.05) is 91.0 Å². The Morgan fingerprint density at radius 3 is 1.44 bits per heavy atom. The summed E-state index contributed by atoms with van der Waals surface area (Å²) in [6.07, 6.45) is 3.84. The molecular weight excluding hydrogens is 1070 g/mol. The number of hydrogen-bond donors (Lipinski definition) is 0. The summed E-state index contributed by atoms with van der Waals surface area (Å²) in [5, 5.41) is 5.20. The van der Waals surface area contributed by atoms with Gasteiger partial charge < -0.3 is 43.1 Å². The van der Waals surface area contributed by atoms with E-state index in [1.165, 1.54) is 16.7 Å². The smallest absolute Gasteiger partial charge is 0.326 e. The average Bonchev–Trinajstić information content (AvgIpc) is 1.59. The van der Waals surface area contributed by atoms with Gasteiger partial charge in [0.25, 0.3) is 0 Å². The van der Waals surface area contributed by atoms with Crippen LogP contribution >= 0.6 is 0 Å². The number of fused-ring (bicyclic) bond motifs is 10. The largest absolute Gasteiger partial charge is 0.471 e. The number of ether oxygens (including phenoxy) is 6. The lowest BCUT2D eigenvalue weighted by Gasteiger charge is -2.45. The van der Waals surface area contributed by atoms with Gasteiger partial charge in [0.05, 0.1) is 28.7 Å². The van der Waals surface area contributed by atoms with Gasteiger partial charge in [0, 0.05) is 54.4 Å². The van der Waals surface area contributed by atoms with Crippen molar-refractivity contribution in [3.8, 4) is 34.5 Å². The van der Waals surface area contributed by atoms with Crippen LogP contribution in [0.3, 0.4) is 0 Å². The summed E-state index contributed by atoms with van der Waals surface area (Å²) in [5.41, 5.74) is 5.04. The van der Waals surface area contributed by atoms with E-state index in [1.54, 1.807) is 0 Å². The first kappa shape index (κ1) is 54.0. The highest BCUT2D eigenvalue weighted by atomic mass is 16.5. The van der Waals surface area contributed by atoms with Crippen LogP contribution < -0.4 is 43.1 Å². The topological polar surface area (TPSA) is 139 Å². The fourth-order valence-electron chi connectivity index (χ4n) is 13.6. The zero-order valence-corrected chi connectivity index (χ0v) is 49.8. The standard InChI is InChI=1S/C71H65N9O6/c1-66(2)52-19-13-16-22-56(52)78(10)69(66,7)86-63-51-37-46(31-25-45(51)28-34-55(63)72-8)81-42-76-65(83-48-33-27-44-30-36-60-62(50(44)39-48)75-41-71(85-60)68(5,6)54-21-15-18-24-58(54)80(71)12)77-64(73-9)82-47-32-26-43-29-35-59-61(49(43)38-47)74-40-70(84-59)67(3,4)53-20-14-17-23-57(53)79(70)11/h13-41H,8-9,42H2,1-7,10-12H3/b76-65+,77-64+. The van der Waals surface area contributed by atoms with Gasteiger partial charge in [-0.05, 0) is 168 Å². The van der Waals surface area contributed by atoms with E-state index >= 15 is 0 Å². The molecule has 0 bridgehead atoms. The summed E-state index contributed by atoms with van der Waals surface area (Å²) in [7, 11) is 6.17. The van der Waals surface area contributed by atoms with Crippen molar-refractivity contribution in [3.63, 3.8) is 0 Å². The van der Waals surface area contributed by atoms with Crippen molar-refractivity contribution in [2.45, 2.75) is 81.9 Å². The van der Waals surface area contributed by atoms with Gasteiger partial charge in [0.1, 0.15) is 45.8 Å². The molecule has 9 aromatic rings. The van der Waals surface area contributed by atoms with E-state index in [9.17, 15) is 0 Å². The normalized spacial score (nSPS) is 21.6. The van der Waals surface area contributed by atoms with Crippen LogP contribution in [0.1, 0.15) is 65.2 Å². The number of rotatable bonds is 8. The van der Waals surface area contributed by atoms with Gasteiger partial charge in [-0.2, -0.15) is 4.99 Å².